The quantitative estimate of drug-likeness (QED) is 0.229. The number of ether oxygens (including phenoxy) is 3. The molecule has 7 heteroatoms. The van der Waals surface area contributed by atoms with Gasteiger partial charge in [0.15, 0.2) is 11.5 Å². The maximum absolute atomic E-state index is 12.6. The first-order valence-electron chi connectivity index (χ1n) is 10.5. The summed E-state index contributed by atoms with van der Waals surface area (Å²) in [6.45, 7) is 4.21. The zero-order valence-electron chi connectivity index (χ0n) is 18.8. The van der Waals surface area contributed by atoms with E-state index in [0.29, 0.717) is 29.2 Å². The minimum atomic E-state index is -0.557. The highest BCUT2D eigenvalue weighted by Crippen LogP contribution is 2.30. The van der Waals surface area contributed by atoms with Crippen molar-refractivity contribution in [3.8, 4) is 17.2 Å². The molecule has 1 N–H and O–H groups in total. The van der Waals surface area contributed by atoms with Crippen molar-refractivity contribution in [1.29, 1.82) is 0 Å². The summed E-state index contributed by atoms with van der Waals surface area (Å²) in [5.41, 5.74) is 5.55. The van der Waals surface area contributed by atoms with Crippen molar-refractivity contribution in [3.05, 3.63) is 89.0 Å². The molecule has 0 aromatic heterocycles. The number of methoxy groups -OCH3 is 1. The normalized spacial score (nSPS) is 10.6. The van der Waals surface area contributed by atoms with Crippen LogP contribution in [0.25, 0.3) is 0 Å². The number of hydrogen-bond acceptors (Lipinski definition) is 6. The van der Waals surface area contributed by atoms with E-state index in [2.05, 4.69) is 10.5 Å². The molecule has 3 rings (SSSR count). The monoisotopic (exact) mass is 446 g/mol. The third kappa shape index (κ3) is 6.67. The predicted molar refractivity (Wildman–Crippen MR) is 126 cm³/mol. The predicted octanol–water partition coefficient (Wildman–Crippen LogP) is 4.31. The third-order valence-electron chi connectivity index (χ3n) is 4.69. The molecule has 7 nitrogen and oxygen atoms in total. The summed E-state index contributed by atoms with van der Waals surface area (Å²) in [6, 6.07) is 19.6. The van der Waals surface area contributed by atoms with Gasteiger partial charge in [0.25, 0.3) is 0 Å². The number of para-hydroxylation sites is 1. The zero-order chi connectivity index (χ0) is 23.6. The number of nitrogens with zero attached hydrogens (tertiary/aromatic N) is 1. The first kappa shape index (κ1) is 23.5. The van der Waals surface area contributed by atoms with E-state index in [1.54, 1.807) is 42.5 Å². The lowest BCUT2D eigenvalue weighted by atomic mass is 10.1. The van der Waals surface area contributed by atoms with Crippen LogP contribution >= 0.6 is 0 Å². The number of esters is 1. The maximum atomic E-state index is 12.6. The number of hydrazone groups is 1. The van der Waals surface area contributed by atoms with Gasteiger partial charge in [0.05, 0.1) is 26.4 Å². The molecule has 3 aromatic rings. The van der Waals surface area contributed by atoms with Crippen LogP contribution < -0.4 is 19.6 Å². The lowest BCUT2D eigenvalue weighted by Gasteiger charge is -2.12. The van der Waals surface area contributed by atoms with E-state index in [4.69, 9.17) is 14.2 Å². The molecule has 0 aliphatic rings. The molecule has 0 spiro atoms. The molecule has 0 unspecified atom stereocenters. The highest BCUT2D eigenvalue weighted by molar-refractivity contribution is 5.94. The van der Waals surface area contributed by atoms with Crippen LogP contribution in [0.4, 0.5) is 0 Å². The molecule has 33 heavy (non-hydrogen) atoms. The van der Waals surface area contributed by atoms with Gasteiger partial charge in [-0.05, 0) is 55.3 Å². The van der Waals surface area contributed by atoms with E-state index in [-0.39, 0.29) is 18.1 Å². The van der Waals surface area contributed by atoms with Crippen molar-refractivity contribution in [3.63, 3.8) is 0 Å². The molecule has 0 radical (unpaired) electrons. The Morgan fingerprint density at radius 3 is 2.45 bits per heavy atom. The number of carbonyl (C=O) groups excluding carboxylic acids is 2. The molecular weight excluding hydrogens is 420 g/mol. The molecule has 0 atom stereocenters. The van der Waals surface area contributed by atoms with E-state index in [1.165, 1.54) is 13.3 Å². The number of aryl methyl sites for hydroxylation is 1. The fourth-order valence-corrected chi connectivity index (χ4v) is 3.04. The summed E-state index contributed by atoms with van der Waals surface area (Å²) in [5, 5.41) is 4.01. The van der Waals surface area contributed by atoms with Crippen LogP contribution in [-0.2, 0) is 11.2 Å². The fourth-order valence-electron chi connectivity index (χ4n) is 3.04. The standard InChI is InChI=1S/C26H26N2O5/c1-4-32-24-15-20(17-27-28-25(29)16-19-11-9-18(2)10-12-19)13-14-23(24)33-26(30)21-7-5-6-8-22(21)31-3/h5-15,17H,4,16H2,1-3H3,(H,28,29)/b27-17+. The van der Waals surface area contributed by atoms with Gasteiger partial charge in [-0.15, -0.1) is 0 Å². The Balaban J connectivity index is 1.66. The molecular formula is C26H26N2O5. The van der Waals surface area contributed by atoms with Crippen LogP contribution in [-0.4, -0.2) is 31.8 Å². The van der Waals surface area contributed by atoms with Crippen molar-refractivity contribution < 1.29 is 23.8 Å². The summed E-state index contributed by atoms with van der Waals surface area (Å²) < 4.78 is 16.4. The SMILES string of the molecule is CCOc1cc(/C=N/NC(=O)Cc2ccc(C)cc2)ccc1OC(=O)c1ccccc1OC. The summed E-state index contributed by atoms with van der Waals surface area (Å²) in [7, 11) is 1.49. The second-order valence-electron chi connectivity index (χ2n) is 7.18. The van der Waals surface area contributed by atoms with Crippen molar-refractivity contribution in [2.75, 3.05) is 13.7 Å². The van der Waals surface area contributed by atoms with Gasteiger partial charge in [0.2, 0.25) is 5.91 Å². The topological polar surface area (TPSA) is 86.2 Å². The first-order valence-corrected chi connectivity index (χ1v) is 10.5. The number of rotatable bonds is 9. The number of benzene rings is 3. The van der Waals surface area contributed by atoms with E-state index >= 15 is 0 Å². The van der Waals surface area contributed by atoms with Crippen LogP contribution in [0.3, 0.4) is 0 Å². The van der Waals surface area contributed by atoms with Crippen molar-refractivity contribution >= 4 is 18.1 Å². The van der Waals surface area contributed by atoms with Gasteiger partial charge < -0.3 is 14.2 Å². The van der Waals surface area contributed by atoms with Crippen molar-refractivity contribution in [2.45, 2.75) is 20.3 Å². The average molecular weight is 447 g/mol. The van der Waals surface area contributed by atoms with Crippen LogP contribution in [0.2, 0.25) is 0 Å². The summed E-state index contributed by atoms with van der Waals surface area (Å²) in [6.07, 6.45) is 1.74. The fraction of sp³-hybridized carbons (Fsp3) is 0.192. The smallest absolute Gasteiger partial charge is 0.347 e. The lowest BCUT2D eigenvalue weighted by molar-refractivity contribution is -0.120. The van der Waals surface area contributed by atoms with Crippen molar-refractivity contribution in [1.82, 2.24) is 5.43 Å². The zero-order valence-corrected chi connectivity index (χ0v) is 18.8. The summed E-state index contributed by atoms with van der Waals surface area (Å²) in [5.74, 6) is 0.301. The molecule has 170 valence electrons. The highest BCUT2D eigenvalue weighted by Gasteiger charge is 2.16. The minimum Gasteiger partial charge on any atom is -0.496 e. The second kappa shape index (κ2) is 11.5. The van der Waals surface area contributed by atoms with E-state index in [9.17, 15) is 9.59 Å². The summed E-state index contributed by atoms with van der Waals surface area (Å²) in [4.78, 5) is 24.7. The Bertz CT molecular complexity index is 1140. The lowest BCUT2D eigenvalue weighted by Crippen LogP contribution is -2.19. The highest BCUT2D eigenvalue weighted by atomic mass is 16.6. The van der Waals surface area contributed by atoms with Crippen LogP contribution in [0.15, 0.2) is 71.8 Å². The molecule has 1 amide bonds. The van der Waals surface area contributed by atoms with Gasteiger partial charge in [0, 0.05) is 0 Å². The second-order valence-corrected chi connectivity index (χ2v) is 7.18. The minimum absolute atomic E-state index is 0.220. The Hall–Kier alpha value is -4.13. The van der Waals surface area contributed by atoms with Gasteiger partial charge >= 0.3 is 5.97 Å². The average Bonchev–Trinajstić information content (AvgIpc) is 2.82. The van der Waals surface area contributed by atoms with Gasteiger partial charge in [-0.3, -0.25) is 4.79 Å². The van der Waals surface area contributed by atoms with Gasteiger partial charge in [-0.2, -0.15) is 5.10 Å². The van der Waals surface area contributed by atoms with E-state index in [0.717, 1.165) is 11.1 Å². The number of carbonyl (C=O) groups is 2. The molecule has 0 saturated carbocycles. The van der Waals surface area contributed by atoms with Crippen molar-refractivity contribution in [2.24, 2.45) is 5.10 Å². The van der Waals surface area contributed by atoms with E-state index < -0.39 is 5.97 Å². The number of amides is 1. The largest absolute Gasteiger partial charge is 0.496 e. The third-order valence-corrected chi connectivity index (χ3v) is 4.69. The van der Waals surface area contributed by atoms with Gasteiger partial charge in [-0.25, -0.2) is 10.2 Å². The molecule has 0 aliphatic heterocycles. The summed E-state index contributed by atoms with van der Waals surface area (Å²) >= 11 is 0. The van der Waals surface area contributed by atoms with Crippen LogP contribution in [0, 0.1) is 6.92 Å². The Kier molecular flexibility index (Phi) is 8.18. The number of hydrogen-bond donors (Lipinski definition) is 1. The molecule has 3 aromatic carbocycles. The Morgan fingerprint density at radius 2 is 1.73 bits per heavy atom. The maximum Gasteiger partial charge on any atom is 0.347 e. The molecule has 0 fully saturated rings. The Labute approximate surface area is 193 Å². The van der Waals surface area contributed by atoms with Gasteiger partial charge in [0.1, 0.15) is 11.3 Å². The number of nitrogens with one attached hydrogen (secondary N) is 1. The van der Waals surface area contributed by atoms with Gasteiger partial charge in [-0.1, -0.05) is 42.0 Å². The van der Waals surface area contributed by atoms with E-state index in [1.807, 2.05) is 38.1 Å². The Morgan fingerprint density at radius 1 is 0.970 bits per heavy atom. The molecule has 0 saturated heterocycles. The molecule has 0 aliphatic carbocycles. The molecule has 0 heterocycles. The first-order chi connectivity index (χ1) is 16.0. The molecule has 0 bridgehead atoms. The van der Waals surface area contributed by atoms with Crippen LogP contribution in [0.5, 0.6) is 17.2 Å². The van der Waals surface area contributed by atoms with Crippen LogP contribution in [0.1, 0.15) is 34.0 Å².